The lowest BCUT2D eigenvalue weighted by Gasteiger charge is -2.26. The average molecular weight is 428 g/mol. The zero-order valence-electron chi connectivity index (χ0n) is 17.8. The van der Waals surface area contributed by atoms with E-state index in [9.17, 15) is 4.79 Å². The largest absolute Gasteiger partial charge is 0.419 e. The van der Waals surface area contributed by atoms with E-state index in [4.69, 9.17) is 4.42 Å². The molecule has 3 heterocycles. The Morgan fingerprint density at radius 3 is 2.62 bits per heavy atom. The second-order valence-electron chi connectivity index (χ2n) is 8.35. The summed E-state index contributed by atoms with van der Waals surface area (Å²) in [6.07, 6.45) is 7.81. The van der Waals surface area contributed by atoms with Gasteiger partial charge in [-0.25, -0.2) is 0 Å². The van der Waals surface area contributed by atoms with Gasteiger partial charge in [0, 0.05) is 35.9 Å². The minimum atomic E-state index is 0.0231. The highest BCUT2D eigenvalue weighted by Gasteiger charge is 2.27. The lowest BCUT2D eigenvalue weighted by atomic mass is 9.82. The van der Waals surface area contributed by atoms with E-state index in [-0.39, 0.29) is 11.8 Å². The molecule has 0 spiro atoms. The molecule has 0 saturated heterocycles. The molecule has 0 bridgehead atoms. The minimum Gasteiger partial charge on any atom is -0.419 e. The Morgan fingerprint density at radius 1 is 0.938 bits per heavy atom. The number of hydrogen-bond acceptors (Lipinski definition) is 6. The second kappa shape index (κ2) is 9.26. The van der Waals surface area contributed by atoms with Gasteiger partial charge in [-0.3, -0.25) is 14.8 Å². The van der Waals surface area contributed by atoms with Gasteiger partial charge in [-0.2, -0.15) is 0 Å². The number of nitrogens with zero attached hydrogens (tertiary/aromatic N) is 4. The van der Waals surface area contributed by atoms with Gasteiger partial charge in [0.05, 0.1) is 6.42 Å². The van der Waals surface area contributed by atoms with Crippen LogP contribution in [-0.2, 0) is 11.2 Å². The molecule has 0 radical (unpaired) electrons. The Hall–Kier alpha value is -3.61. The van der Waals surface area contributed by atoms with Crippen molar-refractivity contribution in [1.82, 2.24) is 25.5 Å². The number of fused-ring (bicyclic) bond motifs is 1. The molecule has 7 nitrogen and oxygen atoms in total. The van der Waals surface area contributed by atoms with Gasteiger partial charge in [0.15, 0.2) is 0 Å². The zero-order valence-corrected chi connectivity index (χ0v) is 17.8. The molecular weight excluding hydrogens is 402 g/mol. The summed E-state index contributed by atoms with van der Waals surface area (Å²) in [7, 11) is 0. The molecule has 0 atom stereocenters. The normalized spacial score (nSPS) is 18.5. The van der Waals surface area contributed by atoms with Crippen molar-refractivity contribution in [3.8, 4) is 11.6 Å². The number of aromatic nitrogens is 4. The van der Waals surface area contributed by atoms with Gasteiger partial charge in [-0.1, -0.05) is 30.3 Å². The lowest BCUT2D eigenvalue weighted by molar-refractivity contribution is -0.120. The fourth-order valence-corrected chi connectivity index (χ4v) is 4.39. The van der Waals surface area contributed by atoms with Gasteiger partial charge in [0.2, 0.25) is 11.8 Å². The van der Waals surface area contributed by atoms with Crippen molar-refractivity contribution in [3.63, 3.8) is 0 Å². The monoisotopic (exact) mass is 427 g/mol. The molecule has 5 rings (SSSR count). The first kappa shape index (κ1) is 20.3. The molecule has 1 N–H and O–H groups in total. The smallest absolute Gasteiger partial charge is 0.266 e. The van der Waals surface area contributed by atoms with Crippen LogP contribution in [0.25, 0.3) is 22.4 Å². The van der Waals surface area contributed by atoms with E-state index in [2.05, 4.69) is 25.5 Å². The number of amides is 1. The third kappa shape index (κ3) is 4.51. The summed E-state index contributed by atoms with van der Waals surface area (Å²) >= 11 is 0. The van der Waals surface area contributed by atoms with Gasteiger partial charge in [0.25, 0.3) is 5.89 Å². The Bertz CT molecular complexity index is 1190. The predicted octanol–water partition coefficient (Wildman–Crippen LogP) is 4.31. The maximum Gasteiger partial charge on any atom is 0.266 e. The molecule has 1 amide bonds. The molecule has 0 aliphatic heterocycles. The van der Waals surface area contributed by atoms with Gasteiger partial charge in [-0.15, -0.1) is 10.2 Å². The molecular formula is C25H25N5O2. The highest BCUT2D eigenvalue weighted by molar-refractivity contribution is 5.92. The van der Waals surface area contributed by atoms with E-state index < -0.39 is 0 Å². The molecule has 1 aliphatic rings. The number of pyridine rings is 2. The Balaban J connectivity index is 1.16. The molecule has 1 saturated carbocycles. The van der Waals surface area contributed by atoms with E-state index >= 15 is 0 Å². The minimum absolute atomic E-state index is 0.0231. The molecule has 1 fully saturated rings. The summed E-state index contributed by atoms with van der Waals surface area (Å²) in [5, 5.41) is 13.8. The topological polar surface area (TPSA) is 93.8 Å². The summed E-state index contributed by atoms with van der Waals surface area (Å²) in [4.78, 5) is 20.9. The van der Waals surface area contributed by atoms with E-state index in [1.807, 2.05) is 48.5 Å². The Labute approximate surface area is 186 Å². The van der Waals surface area contributed by atoms with Crippen LogP contribution in [0.5, 0.6) is 0 Å². The SMILES string of the molecule is O=C(Cc1ccccn1)NCC1CCC(c2nnc(-c3nccc4ccccc34)o2)CC1. The van der Waals surface area contributed by atoms with Crippen LogP contribution in [-0.4, -0.2) is 32.6 Å². The van der Waals surface area contributed by atoms with Crippen LogP contribution in [0.4, 0.5) is 0 Å². The van der Waals surface area contributed by atoms with E-state index in [0.29, 0.717) is 30.7 Å². The number of rotatable bonds is 6. The zero-order chi connectivity index (χ0) is 21.8. The van der Waals surface area contributed by atoms with Gasteiger partial charge in [0.1, 0.15) is 5.69 Å². The number of benzene rings is 1. The molecule has 32 heavy (non-hydrogen) atoms. The Morgan fingerprint density at radius 2 is 1.78 bits per heavy atom. The predicted molar refractivity (Wildman–Crippen MR) is 121 cm³/mol. The van der Waals surface area contributed by atoms with Crippen molar-refractivity contribution in [2.45, 2.75) is 38.0 Å². The summed E-state index contributed by atoms with van der Waals surface area (Å²) < 4.78 is 6.06. The third-order valence-electron chi connectivity index (χ3n) is 6.17. The van der Waals surface area contributed by atoms with Crippen molar-refractivity contribution < 1.29 is 9.21 Å². The molecule has 3 aromatic heterocycles. The van der Waals surface area contributed by atoms with Crippen molar-refractivity contribution in [3.05, 3.63) is 72.5 Å². The molecule has 7 heteroatoms. The lowest BCUT2D eigenvalue weighted by Crippen LogP contribution is -2.32. The van der Waals surface area contributed by atoms with Crippen LogP contribution in [0, 0.1) is 5.92 Å². The van der Waals surface area contributed by atoms with E-state index in [1.54, 1.807) is 12.4 Å². The maximum absolute atomic E-state index is 12.2. The number of carbonyl (C=O) groups is 1. The molecule has 1 aromatic carbocycles. The van der Waals surface area contributed by atoms with Crippen molar-refractivity contribution >= 4 is 16.7 Å². The summed E-state index contributed by atoms with van der Waals surface area (Å²) in [6, 6.07) is 15.7. The Kier molecular flexibility index (Phi) is 5.87. The second-order valence-corrected chi connectivity index (χ2v) is 8.35. The number of hydrogen-bond donors (Lipinski definition) is 1. The molecule has 0 unspecified atom stereocenters. The first-order valence-electron chi connectivity index (χ1n) is 11.1. The van der Waals surface area contributed by atoms with Gasteiger partial charge >= 0.3 is 0 Å². The third-order valence-corrected chi connectivity index (χ3v) is 6.17. The van der Waals surface area contributed by atoms with Gasteiger partial charge in [-0.05, 0) is 55.2 Å². The highest BCUT2D eigenvalue weighted by Crippen LogP contribution is 2.36. The van der Waals surface area contributed by atoms with Crippen molar-refractivity contribution in [2.75, 3.05) is 6.54 Å². The van der Waals surface area contributed by atoms with Gasteiger partial charge < -0.3 is 9.73 Å². The number of nitrogens with one attached hydrogen (secondary N) is 1. The van der Waals surface area contributed by atoms with Crippen LogP contribution in [0.2, 0.25) is 0 Å². The average Bonchev–Trinajstić information content (AvgIpc) is 3.33. The fraction of sp³-hybridized carbons (Fsp3) is 0.320. The fourth-order valence-electron chi connectivity index (χ4n) is 4.39. The van der Waals surface area contributed by atoms with E-state index in [1.165, 1.54) is 0 Å². The maximum atomic E-state index is 12.2. The first-order valence-corrected chi connectivity index (χ1v) is 11.1. The standard InChI is InChI=1S/C25H25N5O2/c31-22(15-20-6-3-4-13-26-20)28-16-17-8-10-19(11-9-17)24-29-30-25(32-24)23-21-7-2-1-5-18(21)12-14-27-23/h1-7,12-14,17,19H,8-11,15-16H2,(H,28,31). The van der Waals surface area contributed by atoms with Crippen LogP contribution in [0.15, 0.2) is 65.3 Å². The summed E-state index contributed by atoms with van der Waals surface area (Å²) in [5.74, 6) is 1.91. The first-order chi connectivity index (χ1) is 15.8. The molecule has 1 aliphatic carbocycles. The van der Waals surface area contributed by atoms with E-state index in [0.717, 1.165) is 47.8 Å². The van der Waals surface area contributed by atoms with Crippen LogP contribution in [0.1, 0.15) is 43.2 Å². The van der Waals surface area contributed by atoms with Crippen molar-refractivity contribution in [2.24, 2.45) is 5.92 Å². The van der Waals surface area contributed by atoms with Crippen LogP contribution >= 0.6 is 0 Å². The van der Waals surface area contributed by atoms with Crippen LogP contribution < -0.4 is 5.32 Å². The summed E-state index contributed by atoms with van der Waals surface area (Å²) in [5.41, 5.74) is 1.52. The summed E-state index contributed by atoms with van der Waals surface area (Å²) in [6.45, 7) is 0.702. The van der Waals surface area contributed by atoms with Crippen molar-refractivity contribution in [1.29, 1.82) is 0 Å². The molecule has 4 aromatic rings. The molecule has 162 valence electrons. The van der Waals surface area contributed by atoms with Crippen LogP contribution in [0.3, 0.4) is 0 Å². The highest BCUT2D eigenvalue weighted by atomic mass is 16.4. The number of carbonyl (C=O) groups excluding carboxylic acids is 1. The quantitative estimate of drug-likeness (QED) is 0.493.